The molecular weight excluding hydrogens is 264 g/mol. The van der Waals surface area contributed by atoms with Crippen molar-refractivity contribution in [2.24, 2.45) is 0 Å². The molecule has 2 rings (SSSR count). The lowest BCUT2D eigenvalue weighted by Crippen LogP contribution is -1.95. The first-order valence-corrected chi connectivity index (χ1v) is 5.63. The lowest BCUT2D eigenvalue weighted by Gasteiger charge is -2.06. The molecule has 0 unspecified atom stereocenters. The Labute approximate surface area is 94.0 Å². The first-order chi connectivity index (χ1) is 6.63. The maximum absolute atomic E-state index is 5.89. The molecule has 0 radical (unpaired) electrons. The molecule has 3 nitrogen and oxygen atoms in total. The topological polar surface area (TPSA) is 48.1 Å². The Morgan fingerprint density at radius 2 is 2.29 bits per heavy atom. The van der Waals surface area contributed by atoms with Gasteiger partial charge in [0.1, 0.15) is 5.75 Å². The average molecular weight is 273 g/mol. The Morgan fingerprint density at radius 3 is 2.93 bits per heavy atom. The summed E-state index contributed by atoms with van der Waals surface area (Å²) in [6.07, 6.45) is 0. The van der Waals surface area contributed by atoms with Gasteiger partial charge in [0.05, 0.1) is 23.0 Å². The molecule has 1 aromatic heterocycles. The fourth-order valence-electron chi connectivity index (χ4n) is 1.35. The smallest absolute Gasteiger partial charge is 0.160 e. The number of benzene rings is 1. The van der Waals surface area contributed by atoms with Gasteiger partial charge in [0.2, 0.25) is 0 Å². The fraction of sp³-hybridized carbons (Fsp3) is 0.222. The maximum Gasteiger partial charge on any atom is 0.160 e. The molecule has 0 saturated carbocycles. The molecule has 0 atom stereocenters. The number of hydrogen-bond acceptors (Lipinski definition) is 4. The number of aromatic nitrogens is 1. The van der Waals surface area contributed by atoms with E-state index in [1.54, 1.807) is 18.4 Å². The van der Waals surface area contributed by atoms with Gasteiger partial charge in [-0.25, -0.2) is 4.98 Å². The van der Waals surface area contributed by atoms with E-state index in [4.69, 9.17) is 10.5 Å². The number of nitrogens with zero attached hydrogens (tertiary/aromatic N) is 1. The number of aryl methyl sites for hydroxylation is 1. The van der Waals surface area contributed by atoms with Crippen LogP contribution >= 0.6 is 27.3 Å². The second kappa shape index (κ2) is 3.40. The Morgan fingerprint density at radius 1 is 1.57 bits per heavy atom. The van der Waals surface area contributed by atoms with Gasteiger partial charge < -0.3 is 10.5 Å². The molecular formula is C9H9BrN2OS. The van der Waals surface area contributed by atoms with Gasteiger partial charge >= 0.3 is 0 Å². The molecule has 0 amide bonds. The van der Waals surface area contributed by atoms with Crippen LogP contribution in [0.15, 0.2) is 9.98 Å². The van der Waals surface area contributed by atoms with Crippen molar-refractivity contribution < 1.29 is 4.74 Å². The normalized spacial score (nSPS) is 10.8. The van der Waals surface area contributed by atoms with Gasteiger partial charge in [0.25, 0.3) is 0 Å². The van der Waals surface area contributed by atoms with Crippen LogP contribution in [-0.2, 0) is 0 Å². The van der Waals surface area contributed by atoms with Crippen LogP contribution in [0.5, 0.6) is 5.75 Å². The van der Waals surface area contributed by atoms with Crippen LogP contribution < -0.4 is 10.5 Å². The molecule has 2 aromatic rings. The Hall–Kier alpha value is -0.810. The van der Waals surface area contributed by atoms with Crippen molar-refractivity contribution in [2.75, 3.05) is 12.8 Å². The van der Waals surface area contributed by atoms with Crippen molar-refractivity contribution in [1.82, 2.24) is 4.98 Å². The number of fused-ring (bicyclic) bond motifs is 1. The predicted octanol–water partition coefficient (Wildman–Crippen LogP) is 2.96. The van der Waals surface area contributed by atoms with Crippen molar-refractivity contribution in [3.8, 4) is 5.75 Å². The van der Waals surface area contributed by atoms with Gasteiger partial charge in [-0.1, -0.05) is 0 Å². The number of nitrogens with two attached hydrogens (primary N) is 1. The van der Waals surface area contributed by atoms with Gasteiger partial charge in [-0.2, -0.15) is 0 Å². The lowest BCUT2D eigenvalue weighted by atomic mass is 10.1. The van der Waals surface area contributed by atoms with E-state index in [1.165, 1.54) is 0 Å². The zero-order chi connectivity index (χ0) is 10.3. The van der Waals surface area contributed by atoms with Gasteiger partial charge in [-0.3, -0.25) is 0 Å². The van der Waals surface area contributed by atoms with Crippen LogP contribution in [0.4, 0.5) is 5.69 Å². The molecule has 0 aliphatic carbocycles. The van der Waals surface area contributed by atoms with Crippen LogP contribution in [0.1, 0.15) is 5.56 Å². The summed E-state index contributed by atoms with van der Waals surface area (Å²) in [5.41, 5.74) is 8.48. The molecule has 0 spiro atoms. The summed E-state index contributed by atoms with van der Waals surface area (Å²) in [7, 11) is 1.62. The molecule has 0 fully saturated rings. The third-order valence-corrected chi connectivity index (χ3v) is 3.59. The number of rotatable bonds is 1. The first-order valence-electron chi connectivity index (χ1n) is 4.02. The number of halogens is 1. The summed E-state index contributed by atoms with van der Waals surface area (Å²) in [5.74, 6) is 0.714. The van der Waals surface area contributed by atoms with E-state index < -0.39 is 0 Å². The molecule has 0 bridgehead atoms. The lowest BCUT2D eigenvalue weighted by molar-refractivity contribution is 0.417. The highest BCUT2D eigenvalue weighted by Crippen LogP contribution is 2.36. The summed E-state index contributed by atoms with van der Waals surface area (Å²) >= 11 is 4.93. The summed E-state index contributed by atoms with van der Waals surface area (Å²) in [4.78, 5) is 4.35. The highest BCUT2D eigenvalue weighted by molar-refractivity contribution is 9.11. The van der Waals surface area contributed by atoms with E-state index in [0.717, 1.165) is 19.7 Å². The Balaban J connectivity index is 2.84. The van der Waals surface area contributed by atoms with E-state index in [1.807, 2.05) is 13.0 Å². The van der Waals surface area contributed by atoms with E-state index in [9.17, 15) is 0 Å². The van der Waals surface area contributed by atoms with Crippen LogP contribution in [0.2, 0.25) is 0 Å². The molecule has 74 valence electrons. The van der Waals surface area contributed by atoms with E-state index >= 15 is 0 Å². The summed E-state index contributed by atoms with van der Waals surface area (Å²) < 4.78 is 7.13. The number of thiazole rings is 1. The monoisotopic (exact) mass is 272 g/mol. The second-order valence-electron chi connectivity index (χ2n) is 2.93. The van der Waals surface area contributed by atoms with Gasteiger partial charge in [-0.05, 0) is 22.9 Å². The first kappa shape index (κ1) is 9.73. The van der Waals surface area contributed by atoms with Crippen molar-refractivity contribution in [1.29, 1.82) is 0 Å². The summed E-state index contributed by atoms with van der Waals surface area (Å²) in [6, 6.07) is 1.92. The largest absolute Gasteiger partial charge is 0.495 e. The van der Waals surface area contributed by atoms with Gasteiger partial charge in [0, 0.05) is 11.6 Å². The van der Waals surface area contributed by atoms with Crippen molar-refractivity contribution in [3.05, 3.63) is 15.5 Å². The number of ether oxygens (including phenoxy) is 1. The molecule has 1 heterocycles. The third-order valence-electron chi connectivity index (χ3n) is 2.13. The minimum Gasteiger partial charge on any atom is -0.495 e. The zero-order valence-corrected chi connectivity index (χ0v) is 10.2. The third kappa shape index (κ3) is 1.36. The van der Waals surface area contributed by atoms with Gasteiger partial charge in [0.15, 0.2) is 3.92 Å². The predicted molar refractivity (Wildman–Crippen MR) is 63.0 cm³/mol. The SMILES string of the molecule is COc1cc2sc(Br)nc2c(C)c1N. The zero-order valence-electron chi connectivity index (χ0n) is 7.80. The van der Waals surface area contributed by atoms with Gasteiger partial charge in [-0.15, -0.1) is 11.3 Å². The standard InChI is InChI=1S/C9H9BrN2OS/c1-4-7(11)5(13-2)3-6-8(4)12-9(10)14-6/h3H,11H2,1-2H3. The van der Waals surface area contributed by atoms with Crippen LogP contribution in [0.25, 0.3) is 10.2 Å². The van der Waals surface area contributed by atoms with Crippen LogP contribution in [0.3, 0.4) is 0 Å². The summed E-state index contributed by atoms with van der Waals surface area (Å²) in [6.45, 7) is 1.95. The van der Waals surface area contributed by atoms with E-state index in [0.29, 0.717) is 11.4 Å². The number of methoxy groups -OCH3 is 1. The second-order valence-corrected chi connectivity index (χ2v) is 5.24. The average Bonchev–Trinajstić information content (AvgIpc) is 2.52. The highest BCUT2D eigenvalue weighted by atomic mass is 79.9. The molecule has 1 aromatic carbocycles. The molecule has 0 aliphatic rings. The quantitative estimate of drug-likeness (QED) is 0.812. The van der Waals surface area contributed by atoms with Crippen molar-refractivity contribution in [3.63, 3.8) is 0 Å². The molecule has 0 aliphatic heterocycles. The maximum atomic E-state index is 5.89. The number of anilines is 1. The molecule has 0 saturated heterocycles. The molecule has 5 heteroatoms. The Bertz CT molecular complexity index is 495. The molecule has 14 heavy (non-hydrogen) atoms. The fourth-order valence-corrected chi connectivity index (χ4v) is 2.83. The van der Waals surface area contributed by atoms with E-state index in [2.05, 4.69) is 20.9 Å². The summed E-state index contributed by atoms with van der Waals surface area (Å²) in [5, 5.41) is 0. The highest BCUT2D eigenvalue weighted by Gasteiger charge is 2.11. The van der Waals surface area contributed by atoms with Crippen molar-refractivity contribution >= 4 is 43.2 Å². The minimum absolute atomic E-state index is 0.665. The molecule has 2 N–H and O–H groups in total. The van der Waals surface area contributed by atoms with E-state index in [-0.39, 0.29) is 0 Å². The van der Waals surface area contributed by atoms with Crippen LogP contribution in [-0.4, -0.2) is 12.1 Å². The van der Waals surface area contributed by atoms with Crippen LogP contribution in [0, 0.1) is 6.92 Å². The Kier molecular flexibility index (Phi) is 2.36. The van der Waals surface area contributed by atoms with Crippen molar-refractivity contribution in [2.45, 2.75) is 6.92 Å². The number of hydrogen-bond donors (Lipinski definition) is 1. The minimum atomic E-state index is 0.665. The number of nitrogen functional groups attached to an aromatic ring is 1.